The monoisotopic (exact) mass is 396 g/mol. The molecule has 0 aliphatic heterocycles. The number of hydrogen-bond acceptors (Lipinski definition) is 3. The van der Waals surface area contributed by atoms with Gasteiger partial charge in [0.05, 0.1) is 4.90 Å². The van der Waals surface area contributed by atoms with Crippen LogP contribution in [0.2, 0.25) is 0 Å². The standard InChI is InChI=1S/C22H24N2O3S/c1-14-9-16-17(24-18-11-22(2,3)12-19(25)21(16)18)10-20(14)28(26,27)23-13-15-7-5-4-6-8-15/h4-10,23-24H,11-13H2,1-3H3. The van der Waals surface area contributed by atoms with Crippen LogP contribution in [0.3, 0.4) is 0 Å². The molecule has 1 heterocycles. The van der Waals surface area contributed by atoms with E-state index in [1.54, 1.807) is 13.0 Å². The number of carbonyl (C=O) groups excluding carboxylic acids is 1. The molecule has 1 aliphatic carbocycles. The van der Waals surface area contributed by atoms with Crippen molar-refractivity contribution >= 4 is 26.7 Å². The summed E-state index contributed by atoms with van der Waals surface area (Å²) in [6.45, 7) is 6.16. The van der Waals surface area contributed by atoms with E-state index in [4.69, 9.17) is 0 Å². The van der Waals surface area contributed by atoms with Crippen LogP contribution in [-0.4, -0.2) is 19.2 Å². The van der Waals surface area contributed by atoms with Crippen LogP contribution < -0.4 is 4.72 Å². The highest BCUT2D eigenvalue weighted by Gasteiger charge is 2.34. The molecule has 4 rings (SSSR count). The number of aromatic nitrogens is 1. The fourth-order valence-electron chi connectivity index (χ4n) is 4.04. The lowest BCUT2D eigenvalue weighted by Gasteiger charge is -2.28. The molecule has 6 heteroatoms. The van der Waals surface area contributed by atoms with Crippen molar-refractivity contribution in [2.75, 3.05) is 0 Å². The fraction of sp³-hybridized carbons (Fsp3) is 0.318. The van der Waals surface area contributed by atoms with Crippen molar-refractivity contribution in [3.05, 3.63) is 64.8 Å². The highest BCUT2D eigenvalue weighted by molar-refractivity contribution is 7.89. The lowest BCUT2D eigenvalue weighted by Crippen LogP contribution is -2.26. The summed E-state index contributed by atoms with van der Waals surface area (Å²) in [5.41, 5.74) is 3.76. The second-order valence-electron chi connectivity index (χ2n) is 8.39. The van der Waals surface area contributed by atoms with Gasteiger partial charge in [-0.1, -0.05) is 44.2 Å². The van der Waals surface area contributed by atoms with Crippen LogP contribution in [0.5, 0.6) is 0 Å². The number of H-pyrrole nitrogens is 1. The minimum atomic E-state index is -3.67. The number of Topliss-reactive ketones (excluding diaryl/α,β-unsaturated/α-hetero) is 1. The van der Waals surface area contributed by atoms with Gasteiger partial charge in [-0.25, -0.2) is 13.1 Å². The summed E-state index contributed by atoms with van der Waals surface area (Å²) in [6.07, 6.45) is 1.28. The Balaban J connectivity index is 1.73. The molecular weight excluding hydrogens is 372 g/mol. The Bertz CT molecular complexity index is 1180. The van der Waals surface area contributed by atoms with Crippen LogP contribution in [0.1, 0.15) is 47.4 Å². The van der Waals surface area contributed by atoms with Gasteiger partial charge >= 0.3 is 0 Å². The lowest BCUT2D eigenvalue weighted by molar-refractivity contribution is 0.0913. The first-order valence-corrected chi connectivity index (χ1v) is 10.9. The summed E-state index contributed by atoms with van der Waals surface area (Å²) >= 11 is 0. The Labute approximate surface area is 165 Å². The predicted molar refractivity (Wildman–Crippen MR) is 110 cm³/mol. The normalized spacial score (nSPS) is 16.3. The van der Waals surface area contributed by atoms with Crippen molar-refractivity contribution in [1.29, 1.82) is 0 Å². The quantitative estimate of drug-likeness (QED) is 0.696. The highest BCUT2D eigenvalue weighted by atomic mass is 32.2. The number of carbonyl (C=O) groups is 1. The average molecular weight is 397 g/mol. The number of nitrogens with one attached hydrogen (secondary N) is 2. The first-order valence-electron chi connectivity index (χ1n) is 9.38. The molecule has 28 heavy (non-hydrogen) atoms. The van der Waals surface area contributed by atoms with E-state index in [0.29, 0.717) is 17.5 Å². The minimum Gasteiger partial charge on any atom is -0.358 e. The predicted octanol–water partition coefficient (Wildman–Crippen LogP) is 4.11. The maximum atomic E-state index is 12.9. The molecule has 0 atom stereocenters. The Morgan fingerprint density at radius 1 is 1.11 bits per heavy atom. The summed E-state index contributed by atoms with van der Waals surface area (Å²) in [6, 6.07) is 12.9. The number of benzene rings is 2. The minimum absolute atomic E-state index is 0.0911. The molecule has 0 spiro atoms. The van der Waals surface area contributed by atoms with Gasteiger partial charge in [-0.2, -0.15) is 0 Å². The maximum absolute atomic E-state index is 12.9. The second-order valence-corrected chi connectivity index (χ2v) is 10.1. The highest BCUT2D eigenvalue weighted by Crippen LogP contribution is 2.38. The van der Waals surface area contributed by atoms with Gasteiger partial charge < -0.3 is 4.98 Å². The molecule has 3 aromatic rings. The molecule has 5 nitrogen and oxygen atoms in total. The van der Waals surface area contributed by atoms with E-state index in [1.807, 2.05) is 36.4 Å². The SMILES string of the molecule is Cc1cc2c3c([nH]c2cc1S(=O)(=O)NCc1ccccc1)CC(C)(C)CC3=O. The van der Waals surface area contributed by atoms with Crippen molar-refractivity contribution in [3.8, 4) is 0 Å². The van der Waals surface area contributed by atoms with Gasteiger partial charge in [0.15, 0.2) is 5.78 Å². The van der Waals surface area contributed by atoms with Crippen LogP contribution in [0, 0.1) is 12.3 Å². The van der Waals surface area contributed by atoms with Gasteiger partial charge in [0.2, 0.25) is 10.0 Å². The van der Waals surface area contributed by atoms with Crippen LogP contribution >= 0.6 is 0 Å². The average Bonchev–Trinajstić information content (AvgIpc) is 2.96. The number of fused-ring (bicyclic) bond motifs is 3. The van der Waals surface area contributed by atoms with E-state index in [0.717, 1.165) is 28.6 Å². The van der Waals surface area contributed by atoms with Gasteiger partial charge in [0.25, 0.3) is 0 Å². The Hall–Kier alpha value is -2.44. The largest absolute Gasteiger partial charge is 0.358 e. The summed E-state index contributed by atoms with van der Waals surface area (Å²) in [5.74, 6) is 0.120. The van der Waals surface area contributed by atoms with E-state index in [1.165, 1.54) is 0 Å². The third-order valence-corrected chi connectivity index (χ3v) is 6.89. The molecule has 0 amide bonds. The van der Waals surface area contributed by atoms with Gasteiger partial charge in [0.1, 0.15) is 0 Å². The molecular formula is C22H24N2O3S. The molecule has 0 bridgehead atoms. The topological polar surface area (TPSA) is 79.0 Å². The van der Waals surface area contributed by atoms with Crippen LogP contribution in [-0.2, 0) is 23.0 Å². The number of sulfonamides is 1. The third-order valence-electron chi connectivity index (χ3n) is 5.34. The Morgan fingerprint density at radius 2 is 1.82 bits per heavy atom. The number of aryl methyl sites for hydroxylation is 1. The zero-order valence-electron chi connectivity index (χ0n) is 16.3. The van der Waals surface area contributed by atoms with Gasteiger partial charge in [-0.15, -0.1) is 0 Å². The van der Waals surface area contributed by atoms with Crippen LogP contribution in [0.4, 0.5) is 0 Å². The summed E-state index contributed by atoms with van der Waals surface area (Å²) in [5, 5.41) is 0.815. The first kappa shape index (κ1) is 18.9. The van der Waals surface area contributed by atoms with E-state index in [2.05, 4.69) is 23.6 Å². The van der Waals surface area contributed by atoms with Gasteiger partial charge in [0, 0.05) is 35.1 Å². The molecule has 146 valence electrons. The summed E-state index contributed by atoms with van der Waals surface area (Å²) in [4.78, 5) is 16.2. The van der Waals surface area contributed by atoms with Crippen molar-refractivity contribution in [2.45, 2.75) is 45.1 Å². The molecule has 2 N–H and O–H groups in total. The van der Waals surface area contributed by atoms with E-state index in [-0.39, 0.29) is 22.6 Å². The zero-order chi connectivity index (χ0) is 20.1. The zero-order valence-corrected chi connectivity index (χ0v) is 17.1. The van der Waals surface area contributed by atoms with Crippen molar-refractivity contribution in [3.63, 3.8) is 0 Å². The Kier molecular flexibility index (Phi) is 4.43. The van der Waals surface area contributed by atoms with Crippen molar-refractivity contribution in [1.82, 2.24) is 9.71 Å². The summed E-state index contributed by atoms with van der Waals surface area (Å²) in [7, 11) is -3.67. The van der Waals surface area contributed by atoms with Gasteiger partial charge in [-0.05, 0) is 42.0 Å². The molecule has 0 unspecified atom stereocenters. The molecule has 0 saturated carbocycles. The Morgan fingerprint density at radius 3 is 2.54 bits per heavy atom. The van der Waals surface area contributed by atoms with E-state index >= 15 is 0 Å². The molecule has 0 fully saturated rings. The third kappa shape index (κ3) is 3.38. The van der Waals surface area contributed by atoms with Crippen molar-refractivity contribution in [2.24, 2.45) is 5.41 Å². The fourth-order valence-corrected chi connectivity index (χ4v) is 5.31. The number of rotatable bonds is 4. The molecule has 1 aromatic heterocycles. The van der Waals surface area contributed by atoms with E-state index < -0.39 is 10.0 Å². The van der Waals surface area contributed by atoms with Gasteiger partial charge in [-0.3, -0.25) is 4.79 Å². The summed E-state index contributed by atoms with van der Waals surface area (Å²) < 4.78 is 28.4. The second kappa shape index (κ2) is 6.57. The molecule has 0 saturated heterocycles. The molecule has 1 aliphatic rings. The van der Waals surface area contributed by atoms with Crippen molar-refractivity contribution < 1.29 is 13.2 Å². The lowest BCUT2D eigenvalue weighted by atomic mass is 9.76. The smallest absolute Gasteiger partial charge is 0.241 e. The first-order chi connectivity index (χ1) is 13.2. The molecule has 2 aromatic carbocycles. The maximum Gasteiger partial charge on any atom is 0.241 e. The number of ketones is 1. The van der Waals surface area contributed by atoms with E-state index in [9.17, 15) is 13.2 Å². The number of hydrogen-bond donors (Lipinski definition) is 2. The number of aromatic amines is 1. The molecule has 0 radical (unpaired) electrons. The van der Waals surface area contributed by atoms with Crippen LogP contribution in [0.15, 0.2) is 47.4 Å². The van der Waals surface area contributed by atoms with Crippen LogP contribution in [0.25, 0.3) is 10.9 Å².